The van der Waals surface area contributed by atoms with Gasteiger partial charge in [-0.25, -0.2) is 9.97 Å². The molecule has 8 heteroatoms. The Morgan fingerprint density at radius 2 is 2.06 bits per heavy atom. The average Bonchev–Trinajstić information content (AvgIpc) is 3.25. The van der Waals surface area contributed by atoms with E-state index in [1.165, 1.54) is 0 Å². The van der Waals surface area contributed by atoms with E-state index in [1.807, 2.05) is 48.4 Å². The second-order valence-corrected chi connectivity index (χ2v) is 8.81. The van der Waals surface area contributed by atoms with Crippen LogP contribution >= 0.6 is 0 Å². The van der Waals surface area contributed by atoms with Gasteiger partial charge in [-0.2, -0.15) is 0 Å². The molecule has 4 rings (SSSR count). The van der Waals surface area contributed by atoms with Gasteiger partial charge in [-0.1, -0.05) is 17.3 Å². The van der Waals surface area contributed by atoms with Crippen LogP contribution in [0.1, 0.15) is 49.6 Å². The summed E-state index contributed by atoms with van der Waals surface area (Å²) in [4.78, 5) is 24.2. The third-order valence-electron chi connectivity index (χ3n) is 5.85. The Labute approximate surface area is 194 Å². The lowest BCUT2D eigenvalue weighted by Crippen LogP contribution is -2.39. The van der Waals surface area contributed by atoms with Gasteiger partial charge in [0.25, 0.3) is 0 Å². The third kappa shape index (κ3) is 5.50. The van der Waals surface area contributed by atoms with E-state index >= 15 is 0 Å². The zero-order valence-corrected chi connectivity index (χ0v) is 19.7. The molecule has 0 aliphatic carbocycles. The van der Waals surface area contributed by atoms with Crippen molar-refractivity contribution >= 4 is 11.9 Å². The number of rotatable bonds is 7. The molecule has 0 spiro atoms. The highest BCUT2D eigenvalue weighted by Gasteiger charge is 2.28. The lowest BCUT2D eigenvalue weighted by molar-refractivity contribution is -0.131. The van der Waals surface area contributed by atoms with Crippen molar-refractivity contribution in [2.24, 2.45) is 0 Å². The minimum Gasteiger partial charge on any atom is -0.497 e. The summed E-state index contributed by atoms with van der Waals surface area (Å²) in [6.07, 6.45) is 3.86. The second-order valence-electron chi connectivity index (χ2n) is 8.81. The quantitative estimate of drug-likeness (QED) is 0.577. The second kappa shape index (κ2) is 10.0. The first-order chi connectivity index (χ1) is 15.9. The number of methoxy groups -OCH3 is 1. The lowest BCUT2D eigenvalue weighted by Gasteiger charge is -2.32. The molecule has 1 N–H and O–H groups in total. The van der Waals surface area contributed by atoms with Crippen LogP contribution in [0.3, 0.4) is 0 Å². The van der Waals surface area contributed by atoms with Crippen molar-refractivity contribution in [3.05, 3.63) is 53.5 Å². The van der Waals surface area contributed by atoms with Crippen LogP contribution < -0.4 is 10.1 Å². The van der Waals surface area contributed by atoms with Gasteiger partial charge in [-0.15, -0.1) is 0 Å². The molecule has 1 aromatic carbocycles. The van der Waals surface area contributed by atoms with Crippen molar-refractivity contribution in [2.75, 3.05) is 25.5 Å². The summed E-state index contributed by atoms with van der Waals surface area (Å²) in [5, 5.41) is 7.32. The molecule has 1 aliphatic heterocycles. The Hall–Kier alpha value is -3.42. The molecule has 33 heavy (non-hydrogen) atoms. The van der Waals surface area contributed by atoms with E-state index in [4.69, 9.17) is 14.2 Å². The summed E-state index contributed by atoms with van der Waals surface area (Å²) < 4.78 is 10.8. The van der Waals surface area contributed by atoms with Crippen LogP contribution in [0.15, 0.2) is 41.1 Å². The van der Waals surface area contributed by atoms with E-state index in [0.717, 1.165) is 41.1 Å². The zero-order valence-electron chi connectivity index (χ0n) is 19.7. The van der Waals surface area contributed by atoms with Crippen LogP contribution in [0.5, 0.6) is 5.75 Å². The molecule has 0 bridgehead atoms. The lowest BCUT2D eigenvalue weighted by atomic mass is 9.90. The Kier molecular flexibility index (Phi) is 6.91. The van der Waals surface area contributed by atoms with Crippen molar-refractivity contribution in [1.82, 2.24) is 20.0 Å². The zero-order chi connectivity index (χ0) is 23.4. The van der Waals surface area contributed by atoms with E-state index in [0.29, 0.717) is 31.2 Å². The molecule has 174 valence electrons. The Bertz CT molecular complexity index is 1100. The molecule has 2 aromatic heterocycles. The predicted molar refractivity (Wildman–Crippen MR) is 126 cm³/mol. The maximum absolute atomic E-state index is 12.9. The number of likely N-dealkylation sites (tertiary alicyclic amines) is 1. The smallest absolute Gasteiger partial charge is 0.226 e. The largest absolute Gasteiger partial charge is 0.497 e. The number of nitrogens with zero attached hydrogens (tertiary/aromatic N) is 4. The molecule has 3 heterocycles. The van der Waals surface area contributed by atoms with Gasteiger partial charge in [0, 0.05) is 37.3 Å². The molecule has 0 radical (unpaired) electrons. The van der Waals surface area contributed by atoms with Gasteiger partial charge in [0.05, 0.1) is 30.5 Å². The number of benzene rings is 1. The summed E-state index contributed by atoms with van der Waals surface area (Å²) in [6, 6.07) is 9.82. The summed E-state index contributed by atoms with van der Waals surface area (Å²) in [5.41, 5.74) is 3.60. The summed E-state index contributed by atoms with van der Waals surface area (Å²) in [7, 11) is 1.63. The molecule has 1 saturated heterocycles. The highest BCUT2D eigenvalue weighted by atomic mass is 16.5. The first-order valence-electron chi connectivity index (χ1n) is 11.4. The summed E-state index contributed by atoms with van der Waals surface area (Å²) in [5.74, 6) is 2.40. The van der Waals surface area contributed by atoms with Gasteiger partial charge in [0.15, 0.2) is 5.76 Å². The van der Waals surface area contributed by atoms with Crippen LogP contribution in [0, 0.1) is 6.92 Å². The van der Waals surface area contributed by atoms with Gasteiger partial charge in [-0.05, 0) is 51.3 Å². The fraction of sp³-hybridized carbons (Fsp3) is 0.440. The fourth-order valence-corrected chi connectivity index (χ4v) is 4.19. The normalized spacial score (nSPS) is 14.5. The highest BCUT2D eigenvalue weighted by Crippen LogP contribution is 2.35. The van der Waals surface area contributed by atoms with Crippen molar-refractivity contribution in [2.45, 2.75) is 52.0 Å². The molecular weight excluding hydrogens is 418 g/mol. The molecule has 1 aliphatic rings. The molecule has 1 amide bonds. The molecule has 0 atom stereocenters. The van der Waals surface area contributed by atoms with Gasteiger partial charge in [-0.3, -0.25) is 4.79 Å². The molecule has 8 nitrogen and oxygen atoms in total. The summed E-state index contributed by atoms with van der Waals surface area (Å²) >= 11 is 0. The number of ether oxygens (including phenoxy) is 1. The number of hydrogen-bond acceptors (Lipinski definition) is 7. The Morgan fingerprint density at radius 1 is 1.27 bits per heavy atom. The number of carbonyl (C=O) groups is 1. The number of nitrogens with one attached hydrogen (secondary N) is 1. The third-order valence-corrected chi connectivity index (χ3v) is 5.85. The van der Waals surface area contributed by atoms with Crippen LogP contribution in [0.2, 0.25) is 0 Å². The SMILES string of the molecule is COc1cccc(CC(=O)N2CCC(c3nc(NC(C)C)ncc3-c3cc(C)no3)CC2)c1. The van der Waals surface area contributed by atoms with Crippen molar-refractivity contribution in [3.63, 3.8) is 0 Å². The molecule has 1 fully saturated rings. The van der Waals surface area contributed by atoms with Crippen LogP contribution in [0.4, 0.5) is 5.95 Å². The van der Waals surface area contributed by atoms with Crippen LogP contribution in [-0.4, -0.2) is 52.2 Å². The van der Waals surface area contributed by atoms with E-state index in [1.54, 1.807) is 7.11 Å². The van der Waals surface area contributed by atoms with Gasteiger partial charge in [0.2, 0.25) is 11.9 Å². The number of carbonyl (C=O) groups excluding carboxylic acids is 1. The van der Waals surface area contributed by atoms with Gasteiger partial charge < -0.3 is 19.5 Å². The van der Waals surface area contributed by atoms with E-state index in [9.17, 15) is 4.79 Å². The first kappa shape index (κ1) is 22.8. The number of hydrogen-bond donors (Lipinski definition) is 1. The molecule has 3 aromatic rings. The predicted octanol–water partition coefficient (Wildman–Crippen LogP) is 4.22. The van der Waals surface area contributed by atoms with Gasteiger partial charge in [0.1, 0.15) is 5.75 Å². The van der Waals surface area contributed by atoms with Crippen molar-refractivity contribution in [3.8, 4) is 17.1 Å². The molecular formula is C25H31N5O3. The monoisotopic (exact) mass is 449 g/mol. The number of piperidine rings is 1. The van der Waals surface area contributed by atoms with Crippen molar-refractivity contribution in [1.29, 1.82) is 0 Å². The van der Waals surface area contributed by atoms with Crippen molar-refractivity contribution < 1.29 is 14.1 Å². The Morgan fingerprint density at radius 3 is 2.73 bits per heavy atom. The van der Waals surface area contributed by atoms with Crippen LogP contribution in [0.25, 0.3) is 11.3 Å². The van der Waals surface area contributed by atoms with E-state index in [-0.39, 0.29) is 17.9 Å². The maximum Gasteiger partial charge on any atom is 0.226 e. The topological polar surface area (TPSA) is 93.4 Å². The van der Waals surface area contributed by atoms with E-state index < -0.39 is 0 Å². The minimum atomic E-state index is 0.137. The Balaban J connectivity index is 1.48. The molecule has 0 saturated carbocycles. The molecule has 0 unspecified atom stereocenters. The fourth-order valence-electron chi connectivity index (χ4n) is 4.19. The first-order valence-corrected chi connectivity index (χ1v) is 11.4. The van der Waals surface area contributed by atoms with E-state index in [2.05, 4.69) is 29.3 Å². The minimum absolute atomic E-state index is 0.137. The average molecular weight is 450 g/mol. The number of aromatic nitrogens is 3. The standard InChI is InChI=1S/C25H31N5O3/c1-16(2)27-25-26-15-21(22-12-17(3)29-33-22)24(28-25)19-8-10-30(11-9-19)23(31)14-18-6-5-7-20(13-18)32-4/h5-7,12-13,15-16,19H,8-11,14H2,1-4H3,(H,26,27,28). The number of anilines is 1. The summed E-state index contributed by atoms with van der Waals surface area (Å²) in [6.45, 7) is 7.40. The maximum atomic E-state index is 12.9. The number of aryl methyl sites for hydroxylation is 1. The highest BCUT2D eigenvalue weighted by molar-refractivity contribution is 5.79. The number of amides is 1. The van der Waals surface area contributed by atoms with Crippen LogP contribution in [-0.2, 0) is 11.2 Å². The van der Waals surface area contributed by atoms with Gasteiger partial charge >= 0.3 is 0 Å².